The molecular formula is C14H21ClN2O3S. The summed E-state index contributed by atoms with van der Waals surface area (Å²) in [6, 6.07) is 4.11. The summed E-state index contributed by atoms with van der Waals surface area (Å²) >= 11 is 5.76. The second-order valence-corrected chi connectivity index (χ2v) is 8.27. The summed E-state index contributed by atoms with van der Waals surface area (Å²) in [5.74, 6) is -0.545. The van der Waals surface area contributed by atoms with Gasteiger partial charge in [0.1, 0.15) is 5.25 Å². The topological polar surface area (TPSA) is 89.3 Å². The highest BCUT2D eigenvalue weighted by molar-refractivity contribution is 7.93. The molecule has 1 atom stereocenters. The van der Waals surface area contributed by atoms with Gasteiger partial charge in [0.25, 0.3) is 0 Å². The largest absolute Gasteiger partial charge is 0.398 e. The van der Waals surface area contributed by atoms with Crippen molar-refractivity contribution in [1.82, 2.24) is 5.32 Å². The molecule has 0 saturated carbocycles. The van der Waals surface area contributed by atoms with Gasteiger partial charge in [-0.1, -0.05) is 18.5 Å². The van der Waals surface area contributed by atoms with Gasteiger partial charge >= 0.3 is 0 Å². The van der Waals surface area contributed by atoms with Crippen LogP contribution in [0.25, 0.3) is 0 Å². The number of nitrogen functional groups attached to an aromatic ring is 1. The van der Waals surface area contributed by atoms with Gasteiger partial charge in [-0.2, -0.15) is 0 Å². The average molecular weight is 333 g/mol. The third kappa shape index (κ3) is 4.11. The van der Waals surface area contributed by atoms with Crippen LogP contribution in [0.1, 0.15) is 34.1 Å². The molecule has 1 aromatic carbocycles. The molecule has 5 nitrogen and oxygen atoms in total. The number of hydrogen-bond donors (Lipinski definition) is 2. The van der Waals surface area contributed by atoms with E-state index in [0.29, 0.717) is 11.4 Å². The molecule has 1 unspecified atom stereocenters. The molecule has 0 heterocycles. The number of carbonyl (C=O) groups is 1. The van der Waals surface area contributed by atoms with Gasteiger partial charge in [-0.3, -0.25) is 4.79 Å². The average Bonchev–Trinajstić information content (AvgIpc) is 2.36. The highest BCUT2D eigenvalue weighted by Gasteiger charge is 2.33. The molecule has 0 aliphatic rings. The Morgan fingerprint density at radius 2 is 2.00 bits per heavy atom. The fraction of sp³-hybridized carbons (Fsp3) is 0.500. The predicted molar refractivity (Wildman–Crippen MR) is 85.0 cm³/mol. The summed E-state index contributed by atoms with van der Waals surface area (Å²) in [6.45, 7) is 6.93. The fourth-order valence-corrected chi connectivity index (χ4v) is 3.18. The van der Waals surface area contributed by atoms with E-state index in [1.165, 1.54) is 25.1 Å². The number of carbonyl (C=O) groups excluding carboxylic acids is 1. The lowest BCUT2D eigenvalue weighted by Gasteiger charge is -2.26. The summed E-state index contributed by atoms with van der Waals surface area (Å²) in [4.78, 5) is 12.1. The quantitative estimate of drug-likeness (QED) is 0.810. The first-order valence-corrected chi connectivity index (χ1v) is 8.54. The third-order valence-corrected chi connectivity index (χ3v) is 5.82. The van der Waals surface area contributed by atoms with Crippen molar-refractivity contribution in [2.24, 2.45) is 0 Å². The van der Waals surface area contributed by atoms with Gasteiger partial charge in [-0.15, -0.1) is 0 Å². The van der Waals surface area contributed by atoms with Crippen LogP contribution in [-0.4, -0.2) is 25.1 Å². The van der Waals surface area contributed by atoms with Crippen molar-refractivity contribution in [1.29, 1.82) is 0 Å². The Hall–Kier alpha value is -1.27. The van der Waals surface area contributed by atoms with E-state index in [-0.39, 0.29) is 10.6 Å². The molecule has 0 bridgehead atoms. The molecular weight excluding hydrogens is 312 g/mol. The van der Waals surface area contributed by atoms with Crippen LogP contribution in [0.2, 0.25) is 5.02 Å². The van der Waals surface area contributed by atoms with E-state index >= 15 is 0 Å². The van der Waals surface area contributed by atoms with E-state index in [1.807, 2.05) is 20.8 Å². The molecule has 0 fully saturated rings. The van der Waals surface area contributed by atoms with E-state index in [2.05, 4.69) is 5.32 Å². The minimum absolute atomic E-state index is 0.0388. The second kappa shape index (κ2) is 6.23. The minimum atomic E-state index is -3.86. The van der Waals surface area contributed by atoms with E-state index < -0.39 is 26.5 Å². The highest BCUT2D eigenvalue weighted by atomic mass is 35.5. The summed E-state index contributed by atoms with van der Waals surface area (Å²) < 4.78 is 25.0. The molecule has 1 rings (SSSR count). The van der Waals surface area contributed by atoms with Gasteiger partial charge in [0.05, 0.1) is 10.6 Å². The van der Waals surface area contributed by atoms with Crippen LogP contribution in [0.3, 0.4) is 0 Å². The van der Waals surface area contributed by atoms with Crippen LogP contribution < -0.4 is 11.1 Å². The van der Waals surface area contributed by atoms with E-state index in [1.54, 1.807) is 0 Å². The molecule has 1 amide bonds. The molecule has 0 radical (unpaired) electrons. The maximum atomic E-state index is 12.5. The number of rotatable bonds is 5. The third-order valence-electron chi connectivity index (χ3n) is 3.46. The van der Waals surface area contributed by atoms with Crippen molar-refractivity contribution in [3.63, 3.8) is 0 Å². The number of halogens is 1. The molecule has 0 aliphatic carbocycles. The van der Waals surface area contributed by atoms with Gasteiger partial charge in [-0.05, 0) is 45.4 Å². The van der Waals surface area contributed by atoms with E-state index in [4.69, 9.17) is 17.3 Å². The van der Waals surface area contributed by atoms with Gasteiger partial charge in [0.2, 0.25) is 5.91 Å². The zero-order chi connectivity index (χ0) is 16.4. The number of nitrogens with two attached hydrogens (primary N) is 1. The Bertz CT molecular complexity index is 642. The van der Waals surface area contributed by atoms with Crippen molar-refractivity contribution in [2.75, 3.05) is 5.73 Å². The van der Waals surface area contributed by atoms with E-state index in [9.17, 15) is 13.2 Å². The van der Waals surface area contributed by atoms with Crippen molar-refractivity contribution >= 4 is 33.0 Å². The molecule has 0 aliphatic heterocycles. The normalized spacial score (nSPS) is 13.8. The Kier molecular flexibility index (Phi) is 5.28. The standard InChI is InChI=1S/C14H21ClN2O3S/c1-5-14(3,4)17-13(18)9(2)21(19,20)12-7-6-10(15)8-11(12)16/h6-9H,5,16H2,1-4H3,(H,17,18). The van der Waals surface area contributed by atoms with Gasteiger partial charge < -0.3 is 11.1 Å². The van der Waals surface area contributed by atoms with Crippen LogP contribution in [0.4, 0.5) is 5.69 Å². The zero-order valence-corrected chi connectivity index (χ0v) is 14.2. The van der Waals surface area contributed by atoms with E-state index in [0.717, 1.165) is 0 Å². The van der Waals surface area contributed by atoms with Crippen molar-refractivity contribution in [3.05, 3.63) is 23.2 Å². The first-order valence-electron chi connectivity index (χ1n) is 6.62. The Labute approximate surface area is 130 Å². The van der Waals surface area contributed by atoms with Crippen LogP contribution in [0, 0.1) is 0 Å². The van der Waals surface area contributed by atoms with Crippen LogP contribution >= 0.6 is 11.6 Å². The number of amides is 1. The SMILES string of the molecule is CCC(C)(C)NC(=O)C(C)S(=O)(=O)c1ccc(Cl)cc1N. The molecule has 7 heteroatoms. The number of hydrogen-bond acceptors (Lipinski definition) is 4. The first kappa shape index (κ1) is 17.8. The minimum Gasteiger partial charge on any atom is -0.398 e. The van der Waals surface area contributed by atoms with Crippen molar-refractivity contribution in [2.45, 2.75) is 49.8 Å². The van der Waals surface area contributed by atoms with Crippen LogP contribution in [-0.2, 0) is 14.6 Å². The van der Waals surface area contributed by atoms with Gasteiger partial charge in [0.15, 0.2) is 9.84 Å². The number of sulfone groups is 1. The molecule has 3 N–H and O–H groups in total. The van der Waals surface area contributed by atoms with Crippen LogP contribution in [0.5, 0.6) is 0 Å². The summed E-state index contributed by atoms with van der Waals surface area (Å²) in [6.07, 6.45) is 0.689. The number of benzene rings is 1. The molecule has 118 valence electrons. The number of nitrogens with one attached hydrogen (secondary N) is 1. The molecule has 0 spiro atoms. The molecule has 0 saturated heterocycles. The second-order valence-electron chi connectivity index (χ2n) is 5.60. The lowest BCUT2D eigenvalue weighted by atomic mass is 10.0. The summed E-state index contributed by atoms with van der Waals surface area (Å²) in [5.41, 5.74) is 5.28. The zero-order valence-electron chi connectivity index (χ0n) is 12.6. The monoisotopic (exact) mass is 332 g/mol. The Morgan fingerprint density at radius 3 is 2.48 bits per heavy atom. The van der Waals surface area contributed by atoms with Gasteiger partial charge in [0, 0.05) is 10.6 Å². The van der Waals surface area contributed by atoms with Gasteiger partial charge in [-0.25, -0.2) is 8.42 Å². The fourth-order valence-electron chi connectivity index (χ4n) is 1.63. The summed E-state index contributed by atoms with van der Waals surface area (Å²) in [7, 11) is -3.86. The highest BCUT2D eigenvalue weighted by Crippen LogP contribution is 2.26. The first-order chi connectivity index (χ1) is 9.51. The predicted octanol–water partition coefficient (Wildman–Crippen LogP) is 2.39. The molecule has 21 heavy (non-hydrogen) atoms. The van der Waals surface area contributed by atoms with Crippen molar-refractivity contribution < 1.29 is 13.2 Å². The number of anilines is 1. The molecule has 1 aromatic rings. The maximum absolute atomic E-state index is 12.5. The van der Waals surface area contributed by atoms with Crippen LogP contribution in [0.15, 0.2) is 23.1 Å². The Morgan fingerprint density at radius 1 is 1.43 bits per heavy atom. The lowest BCUT2D eigenvalue weighted by Crippen LogP contribution is -2.48. The summed E-state index contributed by atoms with van der Waals surface area (Å²) in [5, 5.41) is 1.84. The Balaban J connectivity index is 3.10. The maximum Gasteiger partial charge on any atom is 0.238 e. The van der Waals surface area contributed by atoms with Crippen molar-refractivity contribution in [3.8, 4) is 0 Å². The lowest BCUT2D eigenvalue weighted by molar-refractivity contribution is -0.122. The smallest absolute Gasteiger partial charge is 0.238 e. The molecule has 0 aromatic heterocycles.